The molecule has 228 valence electrons. The SMILES string of the molecule is CCCCC1(CC)COP(Oc2ccc(CCC(=O)OCCCCCCOC(=O)CCC)cc2C(C)(C)C)OC1. The van der Waals surface area contributed by atoms with Crippen LogP contribution in [0, 0.1) is 5.41 Å². The van der Waals surface area contributed by atoms with Gasteiger partial charge in [-0.05, 0) is 68.4 Å². The molecule has 0 radical (unpaired) electrons. The molecule has 2 rings (SSSR count). The van der Waals surface area contributed by atoms with Crippen LogP contribution in [-0.2, 0) is 39.9 Å². The van der Waals surface area contributed by atoms with Crippen molar-refractivity contribution in [1.82, 2.24) is 0 Å². The van der Waals surface area contributed by atoms with E-state index in [1.54, 1.807) is 0 Å². The molecule has 1 aliphatic rings. The molecule has 40 heavy (non-hydrogen) atoms. The summed E-state index contributed by atoms with van der Waals surface area (Å²) in [5, 5.41) is 0. The predicted octanol–water partition coefficient (Wildman–Crippen LogP) is 8.60. The maximum atomic E-state index is 12.3. The molecule has 1 fully saturated rings. The third kappa shape index (κ3) is 12.4. The average molecular weight is 581 g/mol. The number of rotatable bonds is 18. The fourth-order valence-corrected chi connectivity index (χ4v) is 5.85. The molecule has 0 N–H and O–H groups in total. The Morgan fingerprint density at radius 2 is 1.50 bits per heavy atom. The van der Waals surface area contributed by atoms with Crippen molar-refractivity contribution < 1.29 is 32.6 Å². The predicted molar refractivity (Wildman–Crippen MR) is 160 cm³/mol. The zero-order valence-electron chi connectivity index (χ0n) is 25.9. The summed E-state index contributed by atoms with van der Waals surface area (Å²) in [4.78, 5) is 23.7. The quantitative estimate of drug-likeness (QED) is 0.0977. The molecule has 0 unspecified atom stereocenters. The Balaban J connectivity index is 1.77. The Kier molecular flexibility index (Phi) is 15.5. The lowest BCUT2D eigenvalue weighted by atomic mass is 9.82. The normalized spacial score (nSPS) is 19.3. The van der Waals surface area contributed by atoms with Crippen molar-refractivity contribution in [3.8, 4) is 5.75 Å². The summed E-state index contributed by atoms with van der Waals surface area (Å²) in [7, 11) is -1.43. The largest absolute Gasteiger partial charge is 0.466 e. The highest BCUT2D eigenvalue weighted by Crippen LogP contribution is 2.51. The van der Waals surface area contributed by atoms with E-state index in [0.29, 0.717) is 45.7 Å². The van der Waals surface area contributed by atoms with Gasteiger partial charge in [-0.15, -0.1) is 0 Å². The van der Waals surface area contributed by atoms with Crippen LogP contribution in [0.5, 0.6) is 5.75 Å². The number of unbranched alkanes of at least 4 members (excludes halogenated alkanes) is 4. The molecule has 1 aromatic carbocycles. The zero-order chi connectivity index (χ0) is 29.4. The zero-order valence-corrected chi connectivity index (χ0v) is 26.7. The lowest BCUT2D eigenvalue weighted by Crippen LogP contribution is -2.34. The molecule has 1 aromatic rings. The second kappa shape index (κ2) is 18.0. The van der Waals surface area contributed by atoms with Crippen molar-refractivity contribution >= 4 is 20.5 Å². The number of ether oxygens (including phenoxy) is 2. The van der Waals surface area contributed by atoms with E-state index < -0.39 is 8.60 Å². The van der Waals surface area contributed by atoms with E-state index in [1.807, 2.05) is 19.1 Å². The Morgan fingerprint density at radius 1 is 0.875 bits per heavy atom. The van der Waals surface area contributed by atoms with Gasteiger partial charge in [0.15, 0.2) is 0 Å². The second-order valence-electron chi connectivity index (χ2n) is 12.0. The molecule has 8 heteroatoms. The van der Waals surface area contributed by atoms with Gasteiger partial charge in [0.05, 0.1) is 26.4 Å². The van der Waals surface area contributed by atoms with Crippen molar-refractivity contribution in [2.75, 3.05) is 26.4 Å². The van der Waals surface area contributed by atoms with Crippen molar-refractivity contribution in [3.63, 3.8) is 0 Å². The Bertz CT molecular complexity index is 888. The van der Waals surface area contributed by atoms with Gasteiger partial charge in [0, 0.05) is 23.8 Å². The number of carbonyl (C=O) groups excluding carboxylic acids is 2. The highest BCUT2D eigenvalue weighted by atomic mass is 31.2. The van der Waals surface area contributed by atoms with Crippen molar-refractivity contribution in [1.29, 1.82) is 0 Å². The molecule has 0 atom stereocenters. The number of aryl methyl sites for hydroxylation is 1. The van der Waals surface area contributed by atoms with Gasteiger partial charge >= 0.3 is 20.5 Å². The lowest BCUT2D eigenvalue weighted by Gasteiger charge is -2.38. The van der Waals surface area contributed by atoms with Gasteiger partial charge in [0.1, 0.15) is 5.75 Å². The van der Waals surface area contributed by atoms with Crippen LogP contribution >= 0.6 is 8.60 Å². The third-order valence-corrected chi connectivity index (χ3v) is 8.45. The molecule has 0 aromatic heterocycles. The molecule has 0 amide bonds. The number of esters is 2. The van der Waals surface area contributed by atoms with Crippen LogP contribution in [0.2, 0.25) is 0 Å². The minimum Gasteiger partial charge on any atom is -0.466 e. The average Bonchev–Trinajstić information content (AvgIpc) is 2.93. The first-order valence-electron chi connectivity index (χ1n) is 15.3. The van der Waals surface area contributed by atoms with Crippen LogP contribution in [0.3, 0.4) is 0 Å². The van der Waals surface area contributed by atoms with E-state index in [1.165, 1.54) is 12.8 Å². The van der Waals surface area contributed by atoms with Crippen LogP contribution in [0.25, 0.3) is 0 Å². The summed E-state index contributed by atoms with van der Waals surface area (Å²) in [6.45, 7) is 15.1. The van der Waals surface area contributed by atoms with Gasteiger partial charge in [0.25, 0.3) is 0 Å². The van der Waals surface area contributed by atoms with E-state index in [0.717, 1.165) is 61.8 Å². The Hall–Kier alpha value is -1.69. The monoisotopic (exact) mass is 580 g/mol. The summed E-state index contributed by atoms with van der Waals surface area (Å²) in [5.41, 5.74) is 2.11. The highest BCUT2D eigenvalue weighted by molar-refractivity contribution is 7.42. The van der Waals surface area contributed by atoms with Crippen LogP contribution in [0.4, 0.5) is 0 Å². The number of carbonyl (C=O) groups is 2. The first kappa shape index (κ1) is 34.5. The summed E-state index contributed by atoms with van der Waals surface area (Å²) in [5.74, 6) is 0.478. The molecule has 1 saturated heterocycles. The second-order valence-corrected chi connectivity index (χ2v) is 13.2. The molecule has 1 aliphatic heterocycles. The number of hydrogen-bond donors (Lipinski definition) is 0. The van der Waals surface area contributed by atoms with E-state index >= 15 is 0 Å². The Labute approximate surface area is 244 Å². The number of hydrogen-bond acceptors (Lipinski definition) is 7. The van der Waals surface area contributed by atoms with Crippen molar-refractivity contribution in [2.45, 2.75) is 124 Å². The van der Waals surface area contributed by atoms with Gasteiger partial charge in [-0.3, -0.25) is 9.59 Å². The smallest absolute Gasteiger partial charge is 0.397 e. The van der Waals surface area contributed by atoms with E-state index in [9.17, 15) is 9.59 Å². The molecule has 0 aliphatic carbocycles. The summed E-state index contributed by atoms with van der Waals surface area (Å²) in [6, 6.07) is 6.13. The lowest BCUT2D eigenvalue weighted by molar-refractivity contribution is -0.145. The fourth-order valence-electron chi connectivity index (χ4n) is 4.59. The van der Waals surface area contributed by atoms with Gasteiger partial charge < -0.3 is 23.0 Å². The molecular weight excluding hydrogens is 527 g/mol. The van der Waals surface area contributed by atoms with Crippen LogP contribution in [0.1, 0.15) is 123 Å². The minimum absolute atomic E-state index is 0.0913. The van der Waals surface area contributed by atoms with Crippen molar-refractivity contribution in [3.05, 3.63) is 29.3 Å². The highest BCUT2D eigenvalue weighted by Gasteiger charge is 2.37. The summed E-state index contributed by atoms with van der Waals surface area (Å²) < 4.78 is 29.0. The van der Waals surface area contributed by atoms with E-state index in [2.05, 4.69) is 40.7 Å². The maximum Gasteiger partial charge on any atom is 0.397 e. The molecular formula is C32H53O7P. The molecule has 0 spiro atoms. The van der Waals surface area contributed by atoms with E-state index in [-0.39, 0.29) is 22.8 Å². The van der Waals surface area contributed by atoms with Crippen LogP contribution in [0.15, 0.2) is 18.2 Å². The van der Waals surface area contributed by atoms with Gasteiger partial charge in [-0.2, -0.15) is 0 Å². The van der Waals surface area contributed by atoms with E-state index in [4.69, 9.17) is 23.0 Å². The maximum absolute atomic E-state index is 12.3. The van der Waals surface area contributed by atoms with Crippen LogP contribution in [-0.4, -0.2) is 38.4 Å². The number of benzene rings is 1. The fraction of sp³-hybridized carbons (Fsp3) is 0.750. The molecule has 7 nitrogen and oxygen atoms in total. The molecule has 0 bridgehead atoms. The Morgan fingerprint density at radius 3 is 2.05 bits per heavy atom. The van der Waals surface area contributed by atoms with Crippen LogP contribution < -0.4 is 4.52 Å². The third-order valence-electron chi connectivity index (χ3n) is 7.42. The first-order chi connectivity index (χ1) is 19.1. The minimum atomic E-state index is -1.43. The summed E-state index contributed by atoms with van der Waals surface area (Å²) >= 11 is 0. The van der Waals surface area contributed by atoms with Crippen molar-refractivity contribution in [2.24, 2.45) is 5.41 Å². The van der Waals surface area contributed by atoms with Gasteiger partial charge in [0.2, 0.25) is 0 Å². The molecule has 0 saturated carbocycles. The van der Waals surface area contributed by atoms with Gasteiger partial charge in [-0.1, -0.05) is 66.5 Å². The van der Waals surface area contributed by atoms with Gasteiger partial charge in [-0.25, -0.2) is 0 Å². The molecule has 1 heterocycles. The summed E-state index contributed by atoms with van der Waals surface area (Å²) in [6.07, 6.45) is 10.3. The standard InChI is InChI=1S/C32H53O7P/c1-7-10-20-32(9-3)24-37-40(38-25-32)39-28-18-16-26(23-27(28)31(4,5)6)17-19-30(34)36-22-14-12-11-13-21-35-29(33)15-8-2/h16,18,23H,7-15,17,19-22,24-25H2,1-6H3. The topological polar surface area (TPSA) is 80.3 Å². The first-order valence-corrected chi connectivity index (χ1v) is 16.4.